The van der Waals surface area contributed by atoms with Crippen LogP contribution in [-0.4, -0.2) is 31.1 Å². The number of amides is 3. The van der Waals surface area contributed by atoms with Gasteiger partial charge in [-0.2, -0.15) is 0 Å². The number of benzene rings is 2. The Morgan fingerprint density at radius 3 is 2.67 bits per heavy atom. The lowest BCUT2D eigenvalue weighted by Crippen LogP contribution is -2.39. The maximum Gasteiger partial charge on any atom is 0.319 e. The number of ether oxygens (including phenoxy) is 1. The number of urea groups is 1. The summed E-state index contributed by atoms with van der Waals surface area (Å²) in [6.07, 6.45) is 0.117. The van der Waals surface area contributed by atoms with Gasteiger partial charge in [-0.3, -0.25) is 4.79 Å². The average Bonchev–Trinajstić information content (AvgIpc) is 2.99. The van der Waals surface area contributed by atoms with E-state index in [-0.39, 0.29) is 24.6 Å². The summed E-state index contributed by atoms with van der Waals surface area (Å²) in [6, 6.07) is 8.72. The summed E-state index contributed by atoms with van der Waals surface area (Å²) in [7, 11) is 0. The highest BCUT2D eigenvalue weighted by molar-refractivity contribution is 5.97. The van der Waals surface area contributed by atoms with Crippen molar-refractivity contribution in [2.24, 2.45) is 0 Å². The fraction of sp³-hybridized carbons (Fsp3) is 0.263. The zero-order chi connectivity index (χ0) is 19.4. The predicted molar refractivity (Wildman–Crippen MR) is 96.9 cm³/mol. The maximum absolute atomic E-state index is 13.6. The molecule has 142 valence electrons. The molecule has 3 rings (SSSR count). The molecule has 6 nitrogen and oxygen atoms in total. The number of carbonyl (C=O) groups is 2. The second-order valence-electron chi connectivity index (χ2n) is 6.05. The first-order valence-electron chi connectivity index (χ1n) is 8.52. The highest BCUT2D eigenvalue weighted by Gasteiger charge is 2.31. The molecule has 27 heavy (non-hydrogen) atoms. The van der Waals surface area contributed by atoms with Crippen molar-refractivity contribution in [1.82, 2.24) is 5.32 Å². The van der Waals surface area contributed by atoms with Crippen LogP contribution in [-0.2, 0) is 4.79 Å². The van der Waals surface area contributed by atoms with Crippen LogP contribution < -0.4 is 20.3 Å². The molecule has 0 aliphatic carbocycles. The van der Waals surface area contributed by atoms with E-state index in [1.807, 2.05) is 6.92 Å². The summed E-state index contributed by atoms with van der Waals surface area (Å²) in [6.45, 7) is 2.72. The van der Waals surface area contributed by atoms with Crippen LogP contribution in [0.25, 0.3) is 0 Å². The topological polar surface area (TPSA) is 70.7 Å². The number of halogens is 2. The van der Waals surface area contributed by atoms with Crippen molar-refractivity contribution in [2.75, 3.05) is 23.4 Å². The number of hydrogen-bond acceptors (Lipinski definition) is 3. The molecule has 2 aromatic rings. The largest absolute Gasteiger partial charge is 0.494 e. The van der Waals surface area contributed by atoms with Gasteiger partial charge in [0.2, 0.25) is 5.91 Å². The van der Waals surface area contributed by atoms with Gasteiger partial charge in [-0.15, -0.1) is 0 Å². The van der Waals surface area contributed by atoms with E-state index in [0.717, 1.165) is 18.2 Å². The monoisotopic (exact) mass is 375 g/mol. The minimum absolute atomic E-state index is 0.117. The van der Waals surface area contributed by atoms with E-state index < -0.39 is 23.7 Å². The van der Waals surface area contributed by atoms with Gasteiger partial charge in [0.15, 0.2) is 0 Å². The van der Waals surface area contributed by atoms with Gasteiger partial charge >= 0.3 is 6.03 Å². The Kier molecular flexibility index (Phi) is 5.54. The van der Waals surface area contributed by atoms with Crippen molar-refractivity contribution in [2.45, 2.75) is 19.4 Å². The van der Waals surface area contributed by atoms with E-state index in [1.54, 1.807) is 29.2 Å². The molecule has 0 saturated carbocycles. The van der Waals surface area contributed by atoms with Crippen molar-refractivity contribution in [3.05, 3.63) is 54.1 Å². The minimum Gasteiger partial charge on any atom is -0.494 e. The quantitative estimate of drug-likeness (QED) is 0.843. The molecule has 0 bridgehead atoms. The average molecular weight is 375 g/mol. The molecule has 1 aliphatic rings. The molecule has 2 N–H and O–H groups in total. The van der Waals surface area contributed by atoms with E-state index in [0.29, 0.717) is 18.0 Å². The summed E-state index contributed by atoms with van der Waals surface area (Å²) in [5.41, 5.74) is 0.435. The van der Waals surface area contributed by atoms with Crippen LogP contribution in [0, 0.1) is 11.6 Å². The zero-order valence-corrected chi connectivity index (χ0v) is 14.7. The molecule has 1 heterocycles. The molecule has 0 spiro atoms. The number of nitrogens with one attached hydrogen (secondary N) is 2. The fourth-order valence-electron chi connectivity index (χ4n) is 2.88. The number of anilines is 2. The Balaban J connectivity index is 1.60. The lowest BCUT2D eigenvalue weighted by molar-refractivity contribution is -0.117. The van der Waals surface area contributed by atoms with Crippen LogP contribution in [0.3, 0.4) is 0 Å². The standard InChI is InChI=1S/C19H19F2N3O3/c1-2-27-15-6-4-14(5-7-15)24-11-13(10-18(24)25)22-19(26)23-17-9-12(20)3-8-16(17)21/h3-9,13H,2,10-11H2,1H3,(H2,22,23,26). The number of hydrogen-bond donors (Lipinski definition) is 2. The summed E-state index contributed by atoms with van der Waals surface area (Å²) in [5.74, 6) is -0.838. The van der Waals surface area contributed by atoms with Gasteiger partial charge in [0.05, 0.1) is 18.3 Å². The molecular weight excluding hydrogens is 356 g/mol. The van der Waals surface area contributed by atoms with E-state index in [2.05, 4.69) is 10.6 Å². The van der Waals surface area contributed by atoms with Crippen molar-refractivity contribution in [3.63, 3.8) is 0 Å². The highest BCUT2D eigenvalue weighted by atomic mass is 19.1. The number of rotatable bonds is 5. The minimum atomic E-state index is -0.745. The smallest absolute Gasteiger partial charge is 0.319 e. The van der Waals surface area contributed by atoms with E-state index >= 15 is 0 Å². The number of carbonyl (C=O) groups excluding carboxylic acids is 2. The molecule has 0 radical (unpaired) electrons. The van der Waals surface area contributed by atoms with Crippen molar-refractivity contribution < 1.29 is 23.1 Å². The molecule has 0 aromatic heterocycles. The maximum atomic E-state index is 13.6. The molecule has 1 saturated heterocycles. The third-order valence-corrected chi connectivity index (χ3v) is 4.10. The molecule has 1 atom stereocenters. The van der Waals surface area contributed by atoms with Gasteiger partial charge in [0, 0.05) is 24.7 Å². The Morgan fingerprint density at radius 1 is 1.22 bits per heavy atom. The molecule has 8 heteroatoms. The molecular formula is C19H19F2N3O3. The lowest BCUT2D eigenvalue weighted by atomic mass is 10.2. The first kappa shape index (κ1) is 18.6. The van der Waals surface area contributed by atoms with Gasteiger partial charge in [-0.25, -0.2) is 13.6 Å². The molecule has 1 aliphatic heterocycles. The molecule has 3 amide bonds. The van der Waals surface area contributed by atoms with Gasteiger partial charge < -0.3 is 20.3 Å². The highest BCUT2D eigenvalue weighted by Crippen LogP contribution is 2.24. The van der Waals surface area contributed by atoms with Crippen LogP contribution in [0.2, 0.25) is 0 Å². The summed E-state index contributed by atoms with van der Waals surface area (Å²) < 4.78 is 32.1. The van der Waals surface area contributed by atoms with E-state index in [4.69, 9.17) is 4.74 Å². The first-order valence-corrected chi connectivity index (χ1v) is 8.52. The summed E-state index contributed by atoms with van der Waals surface area (Å²) in [4.78, 5) is 25.8. The fourth-order valence-corrected chi connectivity index (χ4v) is 2.88. The van der Waals surface area contributed by atoms with Crippen LogP contribution in [0.5, 0.6) is 5.75 Å². The van der Waals surface area contributed by atoms with Gasteiger partial charge in [0.25, 0.3) is 0 Å². The molecule has 1 unspecified atom stereocenters. The van der Waals surface area contributed by atoms with Crippen molar-refractivity contribution >= 4 is 23.3 Å². The Bertz CT molecular complexity index is 843. The Morgan fingerprint density at radius 2 is 1.96 bits per heavy atom. The predicted octanol–water partition coefficient (Wildman–Crippen LogP) is 3.29. The SMILES string of the molecule is CCOc1ccc(N2CC(NC(=O)Nc3cc(F)ccc3F)CC2=O)cc1. The normalized spacial score (nSPS) is 16.3. The third-order valence-electron chi connectivity index (χ3n) is 4.10. The van der Waals surface area contributed by atoms with Crippen LogP contribution in [0.15, 0.2) is 42.5 Å². The second-order valence-corrected chi connectivity index (χ2v) is 6.05. The Hall–Kier alpha value is -3.16. The van der Waals surface area contributed by atoms with Crippen LogP contribution >= 0.6 is 0 Å². The second kappa shape index (κ2) is 8.03. The van der Waals surface area contributed by atoms with Crippen LogP contribution in [0.4, 0.5) is 25.0 Å². The van der Waals surface area contributed by atoms with Crippen molar-refractivity contribution in [1.29, 1.82) is 0 Å². The van der Waals surface area contributed by atoms with Crippen LogP contribution in [0.1, 0.15) is 13.3 Å². The molecule has 2 aromatic carbocycles. The third kappa shape index (κ3) is 4.52. The van der Waals surface area contributed by atoms with E-state index in [1.165, 1.54) is 0 Å². The summed E-state index contributed by atoms with van der Waals surface area (Å²) >= 11 is 0. The lowest BCUT2D eigenvalue weighted by Gasteiger charge is -2.18. The summed E-state index contributed by atoms with van der Waals surface area (Å²) in [5, 5.41) is 4.87. The Labute approximate surface area is 155 Å². The van der Waals surface area contributed by atoms with Gasteiger partial charge in [-0.05, 0) is 43.3 Å². The zero-order valence-electron chi connectivity index (χ0n) is 14.7. The number of nitrogens with zero attached hydrogens (tertiary/aromatic N) is 1. The van der Waals surface area contributed by atoms with Crippen molar-refractivity contribution in [3.8, 4) is 5.75 Å². The van der Waals surface area contributed by atoms with Gasteiger partial charge in [0.1, 0.15) is 17.4 Å². The van der Waals surface area contributed by atoms with E-state index in [9.17, 15) is 18.4 Å². The van der Waals surface area contributed by atoms with Gasteiger partial charge in [-0.1, -0.05) is 0 Å². The molecule has 1 fully saturated rings. The first-order chi connectivity index (χ1) is 13.0.